The van der Waals surface area contributed by atoms with Crippen LogP contribution < -0.4 is 0 Å². The summed E-state index contributed by atoms with van der Waals surface area (Å²) >= 11 is 10.1. The Morgan fingerprint density at radius 2 is 1.75 bits per heavy atom. The summed E-state index contributed by atoms with van der Waals surface area (Å²) in [5.41, 5.74) is 0. The monoisotopic (exact) mass is 160 g/mol. The van der Waals surface area contributed by atoms with E-state index in [1.165, 1.54) is 0 Å². The first-order valence-corrected chi connectivity index (χ1v) is 2.82. The predicted octanol–water partition coefficient (Wildman–Crippen LogP) is -0.537. The van der Waals surface area contributed by atoms with Crippen LogP contribution in [0.25, 0.3) is 0 Å². The van der Waals surface area contributed by atoms with Gasteiger partial charge in [0.2, 0.25) is 0 Å². The lowest BCUT2D eigenvalue weighted by atomic mass is 10.4. The van der Waals surface area contributed by atoms with Crippen LogP contribution in [-0.2, 0) is 0 Å². The number of hydrogen-bond acceptors (Lipinski definition) is 3. The third kappa shape index (κ3) is 2.69. The van der Waals surface area contributed by atoms with Crippen LogP contribution in [0.1, 0.15) is 0 Å². The van der Waals surface area contributed by atoms with Crippen molar-refractivity contribution in [1.82, 2.24) is 0 Å². The molecule has 0 spiro atoms. The molecule has 0 saturated heterocycles. The summed E-state index contributed by atoms with van der Waals surface area (Å²) in [6.07, 6.45) is 0. The van der Waals surface area contributed by atoms with Gasteiger partial charge in [-0.2, -0.15) is 0 Å². The molecule has 0 heterocycles. The van der Waals surface area contributed by atoms with Gasteiger partial charge in [0.15, 0.2) is 0 Å². The van der Waals surface area contributed by atoms with Crippen LogP contribution in [0, 0.1) is 0 Å². The zero-order valence-electron chi connectivity index (χ0n) is 3.88. The normalized spacial score (nSPS) is 16.1. The van der Waals surface area contributed by atoms with E-state index >= 15 is 0 Å². The molecule has 8 heavy (non-hydrogen) atoms. The summed E-state index contributed by atoms with van der Waals surface area (Å²) < 4.78 is 0. The minimum absolute atomic E-state index is 0.217. The fourth-order valence-electron chi connectivity index (χ4n) is 0.104. The average molecular weight is 161 g/mol. The van der Waals surface area contributed by atoms with Crippen molar-refractivity contribution in [1.29, 1.82) is 0 Å². The standard InChI is InChI=1S/C3H6Cl2O3/c4-1-2(5)3(6,7)8/h2,6-8H,1H2. The summed E-state index contributed by atoms with van der Waals surface area (Å²) in [6.45, 7) is 0. The zero-order valence-corrected chi connectivity index (χ0v) is 5.39. The van der Waals surface area contributed by atoms with Gasteiger partial charge in [0.1, 0.15) is 5.38 Å². The predicted molar refractivity (Wildman–Crippen MR) is 29.7 cm³/mol. The van der Waals surface area contributed by atoms with E-state index in [0.29, 0.717) is 0 Å². The molecule has 0 aliphatic carbocycles. The maximum atomic E-state index is 8.18. The highest BCUT2D eigenvalue weighted by molar-refractivity contribution is 6.28. The van der Waals surface area contributed by atoms with Gasteiger partial charge in [-0.1, -0.05) is 0 Å². The Balaban J connectivity index is 3.62. The second kappa shape index (κ2) is 2.85. The zero-order chi connectivity index (χ0) is 6.78. The van der Waals surface area contributed by atoms with Crippen molar-refractivity contribution in [2.24, 2.45) is 0 Å². The number of halogens is 2. The van der Waals surface area contributed by atoms with Crippen LogP contribution >= 0.6 is 23.2 Å². The SMILES string of the molecule is OC(O)(O)C(Cl)CCl. The minimum atomic E-state index is -2.86. The van der Waals surface area contributed by atoms with E-state index in [4.69, 9.17) is 38.5 Å². The molecular weight excluding hydrogens is 155 g/mol. The molecule has 0 aromatic rings. The molecule has 3 nitrogen and oxygen atoms in total. The maximum absolute atomic E-state index is 8.18. The fraction of sp³-hybridized carbons (Fsp3) is 1.00. The Kier molecular flexibility index (Phi) is 3.01. The fourth-order valence-corrected chi connectivity index (χ4v) is 0.311. The number of rotatable bonds is 2. The third-order valence-electron chi connectivity index (χ3n) is 0.556. The molecule has 0 aliphatic heterocycles. The molecule has 1 atom stereocenters. The Labute approximate surface area is 56.5 Å². The third-order valence-corrected chi connectivity index (χ3v) is 1.47. The van der Waals surface area contributed by atoms with E-state index in [0.717, 1.165) is 0 Å². The molecule has 0 fully saturated rings. The topological polar surface area (TPSA) is 60.7 Å². The Morgan fingerprint density at radius 1 is 1.38 bits per heavy atom. The van der Waals surface area contributed by atoms with Gasteiger partial charge < -0.3 is 15.3 Å². The van der Waals surface area contributed by atoms with Gasteiger partial charge in [0, 0.05) is 5.88 Å². The first-order valence-electron chi connectivity index (χ1n) is 1.85. The van der Waals surface area contributed by atoms with Crippen LogP contribution in [0.15, 0.2) is 0 Å². The lowest BCUT2D eigenvalue weighted by molar-refractivity contribution is -0.308. The molecule has 3 N–H and O–H groups in total. The smallest absolute Gasteiger partial charge is 0.293 e. The van der Waals surface area contributed by atoms with Gasteiger partial charge in [0.25, 0.3) is 5.97 Å². The largest absolute Gasteiger partial charge is 0.342 e. The lowest BCUT2D eigenvalue weighted by Gasteiger charge is -2.16. The van der Waals surface area contributed by atoms with Crippen LogP contribution in [0.4, 0.5) is 0 Å². The number of alkyl halides is 2. The van der Waals surface area contributed by atoms with Crippen molar-refractivity contribution in [2.75, 3.05) is 5.88 Å². The summed E-state index contributed by atoms with van der Waals surface area (Å²) in [7, 11) is 0. The van der Waals surface area contributed by atoms with E-state index in [2.05, 4.69) is 0 Å². The van der Waals surface area contributed by atoms with Gasteiger partial charge in [-0.05, 0) is 0 Å². The molecular formula is C3H6Cl2O3. The van der Waals surface area contributed by atoms with Crippen molar-refractivity contribution < 1.29 is 15.3 Å². The lowest BCUT2D eigenvalue weighted by Crippen LogP contribution is -2.39. The van der Waals surface area contributed by atoms with Crippen molar-refractivity contribution in [2.45, 2.75) is 11.4 Å². The molecule has 0 amide bonds. The second-order valence-corrected chi connectivity index (χ2v) is 2.14. The van der Waals surface area contributed by atoms with Gasteiger partial charge in [-0.3, -0.25) is 0 Å². The molecule has 0 saturated carbocycles. The molecule has 50 valence electrons. The summed E-state index contributed by atoms with van der Waals surface area (Å²) in [6, 6.07) is 0. The molecule has 0 rings (SSSR count). The van der Waals surface area contributed by atoms with Gasteiger partial charge in [-0.25, -0.2) is 0 Å². The molecule has 0 bridgehead atoms. The van der Waals surface area contributed by atoms with Crippen molar-refractivity contribution in [3.63, 3.8) is 0 Å². The number of hydrogen-bond donors (Lipinski definition) is 3. The van der Waals surface area contributed by atoms with Crippen LogP contribution in [0.2, 0.25) is 0 Å². The van der Waals surface area contributed by atoms with Crippen LogP contribution in [0.5, 0.6) is 0 Å². The Hall–Kier alpha value is 0.460. The quantitative estimate of drug-likeness (QED) is 0.376. The minimum Gasteiger partial charge on any atom is -0.342 e. The van der Waals surface area contributed by atoms with Crippen LogP contribution in [0.3, 0.4) is 0 Å². The van der Waals surface area contributed by atoms with Crippen molar-refractivity contribution in [3.8, 4) is 0 Å². The number of aliphatic hydroxyl groups is 3. The first-order chi connectivity index (χ1) is 3.48. The maximum Gasteiger partial charge on any atom is 0.293 e. The highest BCUT2D eigenvalue weighted by Gasteiger charge is 2.28. The van der Waals surface area contributed by atoms with Crippen molar-refractivity contribution in [3.05, 3.63) is 0 Å². The highest BCUT2D eigenvalue weighted by atomic mass is 35.5. The molecule has 5 heteroatoms. The van der Waals surface area contributed by atoms with E-state index in [9.17, 15) is 0 Å². The van der Waals surface area contributed by atoms with Crippen LogP contribution in [-0.4, -0.2) is 32.5 Å². The molecule has 0 aromatic heterocycles. The van der Waals surface area contributed by atoms with E-state index in [-0.39, 0.29) is 5.88 Å². The Morgan fingerprint density at radius 3 is 1.75 bits per heavy atom. The van der Waals surface area contributed by atoms with E-state index in [1.54, 1.807) is 0 Å². The Bertz CT molecular complexity index is 69.4. The van der Waals surface area contributed by atoms with E-state index < -0.39 is 11.4 Å². The summed E-state index contributed by atoms with van der Waals surface area (Å²) in [4.78, 5) is 0. The van der Waals surface area contributed by atoms with Crippen molar-refractivity contribution >= 4 is 23.2 Å². The average Bonchev–Trinajstić information content (AvgIpc) is 1.62. The summed E-state index contributed by atoms with van der Waals surface area (Å²) in [5.74, 6) is -3.08. The van der Waals surface area contributed by atoms with Gasteiger partial charge >= 0.3 is 0 Å². The molecule has 1 unspecified atom stereocenters. The highest BCUT2D eigenvalue weighted by Crippen LogP contribution is 2.10. The molecule has 0 aromatic carbocycles. The first kappa shape index (κ1) is 8.46. The molecule has 0 aliphatic rings. The second-order valence-electron chi connectivity index (χ2n) is 1.31. The van der Waals surface area contributed by atoms with Gasteiger partial charge in [0.05, 0.1) is 0 Å². The van der Waals surface area contributed by atoms with Gasteiger partial charge in [-0.15, -0.1) is 23.2 Å². The summed E-state index contributed by atoms with van der Waals surface area (Å²) in [5, 5.41) is 23.3. The molecule has 0 radical (unpaired) electrons. The van der Waals surface area contributed by atoms with E-state index in [1.807, 2.05) is 0 Å².